The summed E-state index contributed by atoms with van der Waals surface area (Å²) in [5, 5.41) is 9.23. The second-order valence-corrected chi connectivity index (χ2v) is 7.58. The molecule has 1 fully saturated rings. The highest BCUT2D eigenvalue weighted by atomic mass is 32.2. The van der Waals surface area contributed by atoms with Gasteiger partial charge < -0.3 is 5.32 Å². The van der Waals surface area contributed by atoms with Crippen molar-refractivity contribution in [2.75, 3.05) is 11.5 Å². The lowest BCUT2D eigenvalue weighted by Crippen LogP contribution is -2.40. The lowest BCUT2D eigenvalue weighted by Gasteiger charge is -2.11. The Kier molecular flexibility index (Phi) is 4.31. The Hall–Kier alpha value is -0.990. The van der Waals surface area contributed by atoms with Gasteiger partial charge in [0, 0.05) is 10.9 Å². The van der Waals surface area contributed by atoms with Gasteiger partial charge in [-0.2, -0.15) is 5.10 Å². The summed E-state index contributed by atoms with van der Waals surface area (Å²) in [5.74, 6) is 0.370. The van der Waals surface area contributed by atoms with Crippen LogP contribution in [0.3, 0.4) is 0 Å². The maximum absolute atomic E-state index is 11.3. The molecule has 0 aromatic carbocycles. The van der Waals surface area contributed by atoms with E-state index < -0.39 is 9.84 Å². The minimum Gasteiger partial charge on any atom is -0.358 e. The van der Waals surface area contributed by atoms with Gasteiger partial charge in [-0.25, -0.2) is 8.42 Å². The van der Waals surface area contributed by atoms with E-state index in [1.807, 2.05) is 17.5 Å². The van der Waals surface area contributed by atoms with Crippen molar-refractivity contribution >= 4 is 44.7 Å². The van der Waals surface area contributed by atoms with Gasteiger partial charge in [0.2, 0.25) is 0 Å². The van der Waals surface area contributed by atoms with E-state index in [9.17, 15) is 8.42 Å². The zero-order chi connectivity index (χ0) is 13.0. The van der Waals surface area contributed by atoms with Crippen molar-refractivity contribution in [2.24, 2.45) is 5.10 Å². The fourth-order valence-corrected chi connectivity index (χ4v) is 4.12. The summed E-state index contributed by atoms with van der Waals surface area (Å²) in [7, 11) is -2.88. The third-order valence-electron chi connectivity index (χ3n) is 2.47. The third kappa shape index (κ3) is 4.04. The summed E-state index contributed by atoms with van der Waals surface area (Å²) in [6.45, 7) is 0. The molecule has 5 nitrogen and oxygen atoms in total. The Balaban J connectivity index is 1.76. The average Bonchev–Trinajstić information content (AvgIpc) is 2.88. The molecule has 1 aromatic heterocycles. The monoisotopic (exact) mass is 303 g/mol. The largest absolute Gasteiger partial charge is 0.358 e. The molecule has 1 aliphatic heterocycles. The van der Waals surface area contributed by atoms with Crippen molar-refractivity contribution < 1.29 is 8.42 Å². The summed E-state index contributed by atoms with van der Waals surface area (Å²) in [5.41, 5.74) is 2.68. The Morgan fingerprint density at radius 2 is 2.44 bits per heavy atom. The first-order valence-electron chi connectivity index (χ1n) is 5.39. The zero-order valence-corrected chi connectivity index (χ0v) is 11.9. The van der Waals surface area contributed by atoms with E-state index in [2.05, 4.69) is 15.8 Å². The number of sulfone groups is 1. The van der Waals surface area contributed by atoms with Crippen LogP contribution in [0.5, 0.6) is 0 Å². The molecule has 2 rings (SSSR count). The van der Waals surface area contributed by atoms with Gasteiger partial charge in [-0.1, -0.05) is 6.07 Å². The molecule has 1 aromatic rings. The van der Waals surface area contributed by atoms with Gasteiger partial charge in [0.05, 0.1) is 17.7 Å². The van der Waals surface area contributed by atoms with Gasteiger partial charge in [-0.3, -0.25) is 5.43 Å². The number of thiophene rings is 1. The van der Waals surface area contributed by atoms with E-state index in [1.54, 1.807) is 17.6 Å². The molecular formula is C10H13N3O2S3. The fourth-order valence-electron chi connectivity index (χ4n) is 1.65. The predicted octanol–water partition coefficient (Wildman–Crippen LogP) is 0.733. The molecule has 2 heterocycles. The molecule has 0 aliphatic carbocycles. The van der Waals surface area contributed by atoms with Crippen molar-refractivity contribution in [3.05, 3.63) is 22.4 Å². The summed E-state index contributed by atoms with van der Waals surface area (Å²) in [6, 6.07) is 3.77. The van der Waals surface area contributed by atoms with Crippen molar-refractivity contribution in [2.45, 2.75) is 12.5 Å². The first kappa shape index (κ1) is 13.4. The van der Waals surface area contributed by atoms with E-state index in [0.717, 1.165) is 4.88 Å². The maximum Gasteiger partial charge on any atom is 0.187 e. The summed E-state index contributed by atoms with van der Waals surface area (Å²) in [6.07, 6.45) is 2.27. The third-order valence-corrected chi connectivity index (χ3v) is 5.25. The second-order valence-electron chi connectivity index (χ2n) is 3.96. The molecule has 0 amide bonds. The van der Waals surface area contributed by atoms with Crippen molar-refractivity contribution in [1.29, 1.82) is 0 Å². The lowest BCUT2D eigenvalue weighted by molar-refractivity contribution is 0.600. The zero-order valence-electron chi connectivity index (χ0n) is 9.50. The summed E-state index contributed by atoms with van der Waals surface area (Å²) < 4.78 is 22.5. The summed E-state index contributed by atoms with van der Waals surface area (Å²) >= 11 is 6.61. The van der Waals surface area contributed by atoms with Gasteiger partial charge >= 0.3 is 0 Å². The van der Waals surface area contributed by atoms with Gasteiger partial charge in [-0.15, -0.1) is 11.3 Å². The first-order chi connectivity index (χ1) is 8.55. The van der Waals surface area contributed by atoms with E-state index >= 15 is 0 Å². The maximum atomic E-state index is 11.3. The average molecular weight is 303 g/mol. The van der Waals surface area contributed by atoms with Crippen LogP contribution in [0.4, 0.5) is 0 Å². The van der Waals surface area contributed by atoms with E-state index in [4.69, 9.17) is 12.2 Å². The van der Waals surface area contributed by atoms with Crippen LogP contribution in [0.15, 0.2) is 22.6 Å². The van der Waals surface area contributed by atoms with Crippen molar-refractivity contribution in [3.63, 3.8) is 0 Å². The number of rotatable bonds is 3. The van der Waals surface area contributed by atoms with Crippen molar-refractivity contribution in [1.82, 2.24) is 10.7 Å². The van der Waals surface area contributed by atoms with E-state index in [1.165, 1.54) is 0 Å². The molecule has 18 heavy (non-hydrogen) atoms. The minimum atomic E-state index is -2.88. The predicted molar refractivity (Wildman–Crippen MR) is 77.8 cm³/mol. The smallest absolute Gasteiger partial charge is 0.187 e. The molecule has 0 unspecified atom stereocenters. The van der Waals surface area contributed by atoms with E-state index in [-0.39, 0.29) is 17.5 Å². The molecule has 0 spiro atoms. The first-order valence-corrected chi connectivity index (χ1v) is 8.49. The van der Waals surface area contributed by atoms with Crippen LogP contribution >= 0.6 is 23.6 Å². The number of nitrogens with one attached hydrogen (secondary N) is 2. The van der Waals surface area contributed by atoms with Gasteiger partial charge in [0.1, 0.15) is 0 Å². The molecule has 1 atom stereocenters. The Morgan fingerprint density at radius 1 is 1.61 bits per heavy atom. The van der Waals surface area contributed by atoms with Crippen LogP contribution in [-0.2, 0) is 9.84 Å². The lowest BCUT2D eigenvalue weighted by atomic mass is 10.3. The normalized spacial score (nSPS) is 22.1. The summed E-state index contributed by atoms with van der Waals surface area (Å²) in [4.78, 5) is 1.02. The quantitative estimate of drug-likeness (QED) is 0.489. The SMILES string of the molecule is O=S1(=O)CC[C@H](NC(=S)N/N=C\c2cccs2)C1. The minimum absolute atomic E-state index is 0.105. The highest BCUT2D eigenvalue weighted by Gasteiger charge is 2.27. The number of nitrogens with zero attached hydrogens (tertiary/aromatic N) is 1. The Labute approximate surface area is 115 Å². The Bertz CT molecular complexity index is 537. The van der Waals surface area contributed by atoms with Crippen LogP contribution in [0, 0.1) is 0 Å². The van der Waals surface area contributed by atoms with Crippen LogP contribution in [0.25, 0.3) is 0 Å². The standard InChI is InChI=1S/C10H13N3O2S3/c14-18(15)5-3-8(7-18)12-10(16)13-11-6-9-2-1-4-17-9/h1-2,4,6,8H,3,5,7H2,(H2,12,13,16)/b11-6-/t8-/m0/s1. The van der Waals surface area contributed by atoms with Gasteiger partial charge in [0.15, 0.2) is 14.9 Å². The second kappa shape index (κ2) is 5.77. The number of hydrogen-bond donors (Lipinski definition) is 2. The molecule has 0 radical (unpaired) electrons. The van der Waals surface area contributed by atoms with Crippen LogP contribution in [0.2, 0.25) is 0 Å². The molecule has 2 N–H and O–H groups in total. The van der Waals surface area contributed by atoms with E-state index in [0.29, 0.717) is 11.5 Å². The molecule has 1 saturated heterocycles. The van der Waals surface area contributed by atoms with Gasteiger partial charge in [0.25, 0.3) is 0 Å². The molecule has 98 valence electrons. The van der Waals surface area contributed by atoms with Crippen LogP contribution < -0.4 is 10.7 Å². The highest BCUT2D eigenvalue weighted by molar-refractivity contribution is 7.91. The number of thiocarbonyl (C=S) groups is 1. The molecule has 0 bridgehead atoms. The molecular weight excluding hydrogens is 290 g/mol. The molecule has 8 heteroatoms. The fraction of sp³-hybridized carbons (Fsp3) is 0.400. The van der Waals surface area contributed by atoms with Gasteiger partial charge in [-0.05, 0) is 30.1 Å². The molecule has 0 saturated carbocycles. The van der Waals surface area contributed by atoms with Crippen LogP contribution in [0.1, 0.15) is 11.3 Å². The topological polar surface area (TPSA) is 70.6 Å². The molecule has 1 aliphatic rings. The van der Waals surface area contributed by atoms with Crippen LogP contribution in [-0.4, -0.2) is 37.3 Å². The van der Waals surface area contributed by atoms with Crippen molar-refractivity contribution in [3.8, 4) is 0 Å². The number of hydrogen-bond acceptors (Lipinski definition) is 5. The Morgan fingerprint density at radius 3 is 3.06 bits per heavy atom. The number of hydrazone groups is 1. The highest BCUT2D eigenvalue weighted by Crippen LogP contribution is 2.10.